The van der Waals surface area contributed by atoms with E-state index in [0.29, 0.717) is 26.1 Å². The summed E-state index contributed by atoms with van der Waals surface area (Å²) in [6.07, 6.45) is 1.52. The maximum absolute atomic E-state index is 13.4. The number of cyclic esters (lactones) is 1. The maximum Gasteiger partial charge on any atom is 0.338 e. The first-order valence-electron chi connectivity index (χ1n) is 10.0. The molecule has 0 N–H and O–H groups in total. The number of amides is 1. The van der Waals surface area contributed by atoms with Crippen molar-refractivity contribution in [1.29, 1.82) is 0 Å². The average molecular weight is 389 g/mol. The molecule has 2 saturated heterocycles. The van der Waals surface area contributed by atoms with Crippen LogP contribution >= 0.6 is 0 Å². The fourth-order valence-electron chi connectivity index (χ4n) is 4.03. The number of piperazine rings is 1. The van der Waals surface area contributed by atoms with E-state index in [0.717, 1.165) is 5.82 Å². The molecule has 7 nitrogen and oxygen atoms in total. The molecule has 0 saturated carbocycles. The van der Waals surface area contributed by atoms with Gasteiger partial charge in [0, 0.05) is 45.7 Å². The normalized spacial score (nSPS) is 25.7. The van der Waals surface area contributed by atoms with Crippen LogP contribution in [0, 0.1) is 11.8 Å². The van der Waals surface area contributed by atoms with Crippen molar-refractivity contribution in [3.63, 3.8) is 0 Å². The monoisotopic (exact) mass is 389 g/mol. The van der Waals surface area contributed by atoms with Gasteiger partial charge in [-0.2, -0.15) is 0 Å². The molecule has 0 aliphatic carbocycles. The number of carbonyl (C=O) groups excluding carboxylic acids is 2. The predicted molar refractivity (Wildman–Crippen MR) is 106 cm³/mol. The maximum atomic E-state index is 13.4. The molecule has 2 aliphatic heterocycles. The van der Waals surface area contributed by atoms with Gasteiger partial charge in [-0.1, -0.05) is 19.9 Å². The van der Waals surface area contributed by atoms with Crippen LogP contribution in [-0.2, 0) is 19.1 Å². The molecule has 1 aromatic rings. The van der Waals surface area contributed by atoms with Gasteiger partial charge in [-0.05, 0) is 31.4 Å². The summed E-state index contributed by atoms with van der Waals surface area (Å²) in [7, 11) is 0. The zero-order valence-electron chi connectivity index (χ0n) is 17.4. The van der Waals surface area contributed by atoms with Gasteiger partial charge in [-0.3, -0.25) is 4.79 Å². The standard InChI is InChI=1S/C21H31N3O4/c1-14(2)12-16(18-20(26)28-21(4,5)27-18)19(25)24-11-10-23(13-15(24)3)17-8-6-7-9-22-17/h6-9,14-16,18H,10-13H2,1-5H3/t15-,16-,18-/m0/s1. The van der Waals surface area contributed by atoms with Crippen molar-refractivity contribution in [2.75, 3.05) is 24.5 Å². The summed E-state index contributed by atoms with van der Waals surface area (Å²) in [6.45, 7) is 11.6. The van der Waals surface area contributed by atoms with Gasteiger partial charge in [0.15, 0.2) is 6.10 Å². The van der Waals surface area contributed by atoms with Gasteiger partial charge in [-0.25, -0.2) is 9.78 Å². The van der Waals surface area contributed by atoms with Gasteiger partial charge in [0.2, 0.25) is 11.7 Å². The predicted octanol–water partition coefficient (Wildman–Crippen LogP) is 2.46. The number of hydrogen-bond donors (Lipinski definition) is 0. The molecule has 1 aromatic heterocycles. The van der Waals surface area contributed by atoms with Crippen LogP contribution in [-0.4, -0.2) is 59.3 Å². The fourth-order valence-corrected chi connectivity index (χ4v) is 4.03. The van der Waals surface area contributed by atoms with Crippen molar-refractivity contribution in [3.8, 4) is 0 Å². The fraction of sp³-hybridized carbons (Fsp3) is 0.667. The molecular formula is C21H31N3O4. The first-order chi connectivity index (χ1) is 13.2. The lowest BCUT2D eigenvalue weighted by Crippen LogP contribution is -2.57. The van der Waals surface area contributed by atoms with Crippen molar-refractivity contribution in [1.82, 2.24) is 9.88 Å². The Labute approximate surface area is 167 Å². The second-order valence-electron chi connectivity index (χ2n) is 8.61. The number of nitrogens with zero attached hydrogens (tertiary/aromatic N) is 3. The second-order valence-corrected chi connectivity index (χ2v) is 8.61. The number of anilines is 1. The van der Waals surface area contributed by atoms with E-state index in [9.17, 15) is 9.59 Å². The minimum absolute atomic E-state index is 0.0170. The van der Waals surface area contributed by atoms with E-state index in [1.165, 1.54) is 0 Å². The van der Waals surface area contributed by atoms with Crippen LogP contribution in [0.3, 0.4) is 0 Å². The van der Waals surface area contributed by atoms with Gasteiger partial charge in [-0.15, -0.1) is 0 Å². The number of ether oxygens (including phenoxy) is 2. The highest BCUT2D eigenvalue weighted by Crippen LogP contribution is 2.33. The minimum Gasteiger partial charge on any atom is -0.432 e. The highest BCUT2D eigenvalue weighted by atomic mass is 16.8. The number of hydrogen-bond acceptors (Lipinski definition) is 6. The molecule has 28 heavy (non-hydrogen) atoms. The third-order valence-corrected chi connectivity index (χ3v) is 5.28. The van der Waals surface area contributed by atoms with Crippen LogP contribution in [0.5, 0.6) is 0 Å². The van der Waals surface area contributed by atoms with Gasteiger partial charge in [0.1, 0.15) is 5.82 Å². The number of rotatable bonds is 5. The van der Waals surface area contributed by atoms with Crippen molar-refractivity contribution < 1.29 is 19.1 Å². The van der Waals surface area contributed by atoms with Crippen LogP contribution < -0.4 is 4.90 Å². The van der Waals surface area contributed by atoms with E-state index in [-0.39, 0.29) is 17.9 Å². The molecule has 0 unspecified atom stereocenters. The molecule has 3 heterocycles. The Kier molecular flexibility index (Phi) is 5.93. The average Bonchev–Trinajstić information content (AvgIpc) is 2.92. The molecule has 3 rings (SSSR count). The largest absolute Gasteiger partial charge is 0.432 e. The van der Waals surface area contributed by atoms with Crippen molar-refractivity contribution in [2.45, 2.75) is 59.0 Å². The summed E-state index contributed by atoms with van der Waals surface area (Å²) in [4.78, 5) is 34.3. The SMILES string of the molecule is CC(C)C[C@H](C(=O)N1CCN(c2ccccn2)C[C@@H]1C)[C@@H]1OC(C)(C)OC1=O. The zero-order chi connectivity index (χ0) is 20.5. The van der Waals surface area contributed by atoms with E-state index in [4.69, 9.17) is 9.47 Å². The number of aromatic nitrogens is 1. The molecule has 7 heteroatoms. The quantitative estimate of drug-likeness (QED) is 0.721. The highest BCUT2D eigenvalue weighted by molar-refractivity contribution is 5.88. The molecule has 2 aliphatic rings. The first kappa shape index (κ1) is 20.6. The van der Waals surface area contributed by atoms with Crippen LogP contribution in [0.25, 0.3) is 0 Å². The summed E-state index contributed by atoms with van der Waals surface area (Å²) in [5, 5.41) is 0. The van der Waals surface area contributed by atoms with E-state index >= 15 is 0 Å². The van der Waals surface area contributed by atoms with Crippen molar-refractivity contribution >= 4 is 17.7 Å². The smallest absolute Gasteiger partial charge is 0.338 e. The summed E-state index contributed by atoms with van der Waals surface area (Å²) in [5.74, 6) is -0.798. The van der Waals surface area contributed by atoms with E-state index in [2.05, 4.69) is 9.88 Å². The third kappa shape index (κ3) is 4.46. The number of carbonyl (C=O) groups is 2. The topological polar surface area (TPSA) is 72.0 Å². The lowest BCUT2D eigenvalue weighted by atomic mass is 9.90. The molecule has 3 atom stereocenters. The van der Waals surface area contributed by atoms with Gasteiger partial charge in [0.25, 0.3) is 0 Å². The summed E-state index contributed by atoms with van der Waals surface area (Å²) in [6, 6.07) is 5.86. The molecule has 0 aromatic carbocycles. The Hall–Kier alpha value is -2.15. The second kappa shape index (κ2) is 8.07. The molecule has 1 amide bonds. The summed E-state index contributed by atoms with van der Waals surface area (Å²) < 4.78 is 11.1. The Bertz CT molecular complexity index is 707. The van der Waals surface area contributed by atoms with Crippen LogP contribution in [0.15, 0.2) is 24.4 Å². The van der Waals surface area contributed by atoms with Gasteiger partial charge >= 0.3 is 5.97 Å². The lowest BCUT2D eigenvalue weighted by Gasteiger charge is -2.42. The minimum atomic E-state index is -0.986. The molecule has 2 fully saturated rings. The Morgan fingerprint density at radius 1 is 1.32 bits per heavy atom. The van der Waals surface area contributed by atoms with Gasteiger partial charge in [0.05, 0.1) is 5.92 Å². The molecular weight excluding hydrogens is 358 g/mol. The zero-order valence-corrected chi connectivity index (χ0v) is 17.4. The van der Waals surface area contributed by atoms with E-state index in [1.807, 2.05) is 43.9 Å². The van der Waals surface area contributed by atoms with Crippen LogP contribution in [0.2, 0.25) is 0 Å². The lowest BCUT2D eigenvalue weighted by molar-refractivity contribution is -0.163. The molecule has 0 bridgehead atoms. The summed E-state index contributed by atoms with van der Waals surface area (Å²) >= 11 is 0. The van der Waals surface area contributed by atoms with Crippen molar-refractivity contribution in [3.05, 3.63) is 24.4 Å². The van der Waals surface area contributed by atoms with Crippen LogP contribution in [0.1, 0.15) is 41.0 Å². The first-order valence-corrected chi connectivity index (χ1v) is 10.0. The van der Waals surface area contributed by atoms with E-state index in [1.54, 1.807) is 20.0 Å². The molecule has 0 radical (unpaired) electrons. The van der Waals surface area contributed by atoms with E-state index < -0.39 is 23.8 Å². The van der Waals surface area contributed by atoms with Crippen molar-refractivity contribution in [2.24, 2.45) is 11.8 Å². The Morgan fingerprint density at radius 3 is 2.61 bits per heavy atom. The van der Waals surface area contributed by atoms with Gasteiger partial charge < -0.3 is 19.3 Å². The Balaban J connectivity index is 1.73. The number of esters is 1. The molecule has 0 spiro atoms. The number of pyridine rings is 1. The highest BCUT2D eigenvalue weighted by Gasteiger charge is 2.49. The van der Waals surface area contributed by atoms with Crippen LogP contribution in [0.4, 0.5) is 5.82 Å². The summed E-state index contributed by atoms with van der Waals surface area (Å²) in [5.41, 5.74) is 0. The molecule has 154 valence electrons. The third-order valence-electron chi connectivity index (χ3n) is 5.28. The Morgan fingerprint density at radius 2 is 2.07 bits per heavy atom.